The van der Waals surface area contributed by atoms with Crippen LogP contribution in [0.15, 0.2) is 42.5 Å². The van der Waals surface area contributed by atoms with E-state index >= 15 is 0 Å². The van der Waals surface area contributed by atoms with Crippen LogP contribution in [-0.4, -0.2) is 36.8 Å². The second-order valence-corrected chi connectivity index (χ2v) is 8.76. The molecule has 7 nitrogen and oxygen atoms in total. The molecule has 0 aliphatic rings. The fraction of sp³-hybridized carbons (Fsp3) is 0.269. The molecule has 3 heterocycles. The van der Waals surface area contributed by atoms with Gasteiger partial charge in [0.15, 0.2) is 11.6 Å². The Morgan fingerprint density at radius 3 is 2.11 bits per heavy atom. The molecule has 2 N–H and O–H groups in total. The first kappa shape index (κ1) is 21.5. The third kappa shape index (κ3) is 3.77. The highest BCUT2D eigenvalue weighted by molar-refractivity contribution is 6.20. The van der Waals surface area contributed by atoms with Crippen LogP contribution in [-0.2, 0) is 13.0 Å². The predicted octanol–water partition coefficient (Wildman–Crippen LogP) is 6.03. The van der Waals surface area contributed by atoms with Crippen LogP contribution in [0.2, 0.25) is 0 Å². The summed E-state index contributed by atoms with van der Waals surface area (Å²) in [5.74, 6) is 0.944. The molecule has 0 saturated carbocycles. The summed E-state index contributed by atoms with van der Waals surface area (Å²) in [5, 5.41) is 15.0. The van der Waals surface area contributed by atoms with E-state index in [2.05, 4.69) is 25.5 Å². The molecule has 6 rings (SSSR count). The molecule has 0 aliphatic carbocycles. The number of fused-ring (bicyclic) bond motifs is 6. The number of aromatic amines is 2. The molecular weight excluding hydrogens is 450 g/mol. The zero-order valence-electron chi connectivity index (χ0n) is 19.2. The third-order valence-electron chi connectivity index (χ3n) is 6.53. The largest absolute Gasteiger partial charge is 0.489 e. The molecule has 0 spiro atoms. The number of ether oxygens (including phenoxy) is 1. The highest BCUT2D eigenvalue weighted by Gasteiger charge is 2.18. The van der Waals surface area contributed by atoms with Gasteiger partial charge >= 0.3 is 0 Å². The fourth-order valence-corrected chi connectivity index (χ4v) is 4.81. The Hall–Kier alpha value is -4.01. The summed E-state index contributed by atoms with van der Waals surface area (Å²) in [5.41, 5.74) is 3.24. The molecule has 0 unspecified atom stereocenters. The summed E-state index contributed by atoms with van der Waals surface area (Å²) in [7, 11) is 0. The monoisotopic (exact) mass is 474 g/mol. The first-order chi connectivity index (χ1) is 17.1. The van der Waals surface area contributed by atoms with Gasteiger partial charge in [0.1, 0.15) is 11.6 Å². The van der Waals surface area contributed by atoms with E-state index in [1.807, 2.05) is 17.7 Å². The lowest BCUT2D eigenvalue weighted by Crippen LogP contribution is -2.06. The summed E-state index contributed by atoms with van der Waals surface area (Å²) in [6.45, 7) is 3.32. The lowest BCUT2D eigenvalue weighted by Gasteiger charge is -2.10. The van der Waals surface area contributed by atoms with Gasteiger partial charge in [0, 0.05) is 45.5 Å². The van der Waals surface area contributed by atoms with E-state index < -0.39 is 0 Å². The molecular formula is C26H24F2N6O. The number of hydrogen-bond donors (Lipinski definition) is 2. The van der Waals surface area contributed by atoms with E-state index in [1.54, 1.807) is 12.1 Å². The van der Waals surface area contributed by atoms with Gasteiger partial charge in [-0.05, 0) is 72.2 Å². The van der Waals surface area contributed by atoms with Crippen LogP contribution < -0.4 is 4.74 Å². The maximum absolute atomic E-state index is 14.1. The van der Waals surface area contributed by atoms with Crippen molar-refractivity contribution >= 4 is 43.6 Å². The smallest absolute Gasteiger partial charge is 0.167 e. The first-order valence-electron chi connectivity index (χ1n) is 11.8. The number of rotatable bonds is 8. The molecule has 0 saturated heterocycles. The van der Waals surface area contributed by atoms with E-state index in [0.717, 1.165) is 81.7 Å². The maximum atomic E-state index is 14.1. The van der Waals surface area contributed by atoms with E-state index in [0.29, 0.717) is 12.4 Å². The van der Waals surface area contributed by atoms with Crippen molar-refractivity contribution in [3.8, 4) is 5.75 Å². The molecule has 0 fully saturated rings. The Kier molecular flexibility index (Phi) is 5.32. The lowest BCUT2D eigenvalue weighted by molar-refractivity contribution is 0.308. The quantitative estimate of drug-likeness (QED) is 0.264. The minimum absolute atomic E-state index is 0.306. The number of hydrogen-bond acceptors (Lipinski definition) is 4. The van der Waals surface area contributed by atoms with Crippen molar-refractivity contribution in [2.45, 2.75) is 39.2 Å². The molecule has 6 aromatic rings. The second kappa shape index (κ2) is 8.65. The van der Waals surface area contributed by atoms with Crippen molar-refractivity contribution in [1.82, 2.24) is 30.2 Å². The van der Waals surface area contributed by atoms with Gasteiger partial charge in [-0.15, -0.1) is 5.10 Å². The number of aryl methyl sites for hydroxylation is 2. The van der Waals surface area contributed by atoms with E-state index in [4.69, 9.17) is 4.74 Å². The molecule has 0 amide bonds. The van der Waals surface area contributed by atoms with Crippen LogP contribution in [0.25, 0.3) is 43.6 Å². The minimum atomic E-state index is -0.306. The SMILES string of the molecule is CCc1nnnn1CCCCCOc1c2[nH]c3ccc(F)cc3c2cc2c1[nH]c1ccc(F)cc12. The average Bonchev–Trinajstić information content (AvgIpc) is 3.56. The number of benzene rings is 3. The number of unbranched alkanes of at least 4 members (excludes halogenated alkanes) is 2. The number of H-pyrrole nitrogens is 2. The molecule has 35 heavy (non-hydrogen) atoms. The van der Waals surface area contributed by atoms with Gasteiger partial charge < -0.3 is 14.7 Å². The standard InChI is InChI=1S/C26H24F2N6O/c1-2-23-31-32-33-34(23)10-4-3-5-11-35-26-24-19(17-12-15(27)6-8-21(17)29-24)14-20-18-13-16(28)7-9-22(18)30-25(20)26/h6-9,12-14,29-30H,2-5,10-11H2,1H3. The van der Waals surface area contributed by atoms with Crippen molar-refractivity contribution < 1.29 is 13.5 Å². The number of nitrogens with zero attached hydrogens (tertiary/aromatic N) is 4. The van der Waals surface area contributed by atoms with Gasteiger partial charge in [-0.3, -0.25) is 0 Å². The molecule has 0 atom stereocenters. The van der Waals surface area contributed by atoms with Gasteiger partial charge in [0.25, 0.3) is 0 Å². The van der Waals surface area contributed by atoms with Crippen molar-refractivity contribution in [3.63, 3.8) is 0 Å². The van der Waals surface area contributed by atoms with E-state index in [-0.39, 0.29) is 11.6 Å². The van der Waals surface area contributed by atoms with Gasteiger partial charge in [0.05, 0.1) is 17.6 Å². The molecule has 3 aromatic carbocycles. The van der Waals surface area contributed by atoms with Gasteiger partial charge in [0.2, 0.25) is 0 Å². The average molecular weight is 475 g/mol. The summed E-state index contributed by atoms with van der Waals surface area (Å²) >= 11 is 0. The van der Waals surface area contributed by atoms with Gasteiger partial charge in [-0.2, -0.15) is 0 Å². The van der Waals surface area contributed by atoms with Crippen molar-refractivity contribution in [2.75, 3.05) is 6.61 Å². The van der Waals surface area contributed by atoms with Crippen LogP contribution >= 0.6 is 0 Å². The zero-order valence-corrected chi connectivity index (χ0v) is 19.2. The number of tetrazole rings is 1. The zero-order chi connectivity index (χ0) is 23.9. The number of halogens is 2. The number of aromatic nitrogens is 6. The van der Waals surface area contributed by atoms with Crippen LogP contribution in [0.1, 0.15) is 32.0 Å². The first-order valence-corrected chi connectivity index (χ1v) is 11.8. The third-order valence-corrected chi connectivity index (χ3v) is 6.53. The Morgan fingerprint density at radius 2 is 1.49 bits per heavy atom. The summed E-state index contributed by atoms with van der Waals surface area (Å²) in [4.78, 5) is 6.79. The maximum Gasteiger partial charge on any atom is 0.167 e. The van der Waals surface area contributed by atoms with Crippen LogP contribution in [0.5, 0.6) is 5.75 Å². The Morgan fingerprint density at radius 1 is 0.829 bits per heavy atom. The molecule has 9 heteroatoms. The van der Waals surface area contributed by atoms with Gasteiger partial charge in [-0.25, -0.2) is 13.5 Å². The molecule has 178 valence electrons. The number of nitrogens with one attached hydrogen (secondary N) is 2. The highest BCUT2D eigenvalue weighted by Crippen LogP contribution is 2.41. The molecule has 0 aliphatic heterocycles. The summed E-state index contributed by atoms with van der Waals surface area (Å²) in [6, 6.07) is 11.3. The van der Waals surface area contributed by atoms with Gasteiger partial charge in [-0.1, -0.05) is 6.92 Å². The van der Waals surface area contributed by atoms with E-state index in [9.17, 15) is 8.78 Å². The summed E-state index contributed by atoms with van der Waals surface area (Å²) in [6.07, 6.45) is 3.56. The van der Waals surface area contributed by atoms with Crippen LogP contribution in [0, 0.1) is 11.6 Å². The van der Waals surface area contributed by atoms with Crippen LogP contribution in [0.3, 0.4) is 0 Å². The second-order valence-electron chi connectivity index (χ2n) is 8.76. The Labute approximate surface area is 199 Å². The van der Waals surface area contributed by atoms with Crippen molar-refractivity contribution in [2.24, 2.45) is 0 Å². The highest BCUT2D eigenvalue weighted by atomic mass is 19.1. The molecule has 0 radical (unpaired) electrons. The molecule has 3 aromatic heterocycles. The molecule has 0 bridgehead atoms. The Balaban J connectivity index is 1.32. The topological polar surface area (TPSA) is 84.4 Å². The summed E-state index contributed by atoms with van der Waals surface area (Å²) < 4.78 is 36.3. The Bertz CT molecular complexity index is 1590. The van der Waals surface area contributed by atoms with Crippen molar-refractivity contribution in [1.29, 1.82) is 0 Å². The fourth-order valence-electron chi connectivity index (χ4n) is 4.81. The predicted molar refractivity (Wildman–Crippen MR) is 132 cm³/mol. The van der Waals surface area contributed by atoms with Crippen molar-refractivity contribution in [3.05, 3.63) is 59.9 Å². The minimum Gasteiger partial charge on any atom is -0.489 e. The van der Waals surface area contributed by atoms with Crippen LogP contribution in [0.4, 0.5) is 8.78 Å². The normalized spacial score (nSPS) is 12.0. The van der Waals surface area contributed by atoms with E-state index in [1.165, 1.54) is 24.3 Å². The lowest BCUT2D eigenvalue weighted by atomic mass is 10.1.